The fourth-order valence-corrected chi connectivity index (χ4v) is 1.52. The molecule has 1 N–H and O–H groups in total. The molecule has 0 aromatic carbocycles. The molecule has 1 unspecified atom stereocenters. The van der Waals surface area contributed by atoms with E-state index in [0.717, 1.165) is 12.3 Å². The molecule has 1 aromatic heterocycles. The number of anilines is 1. The second-order valence-electron chi connectivity index (χ2n) is 4.46. The van der Waals surface area contributed by atoms with E-state index in [-0.39, 0.29) is 0 Å². The standard InChI is InChI=1S/C11H20ClN3O/c1-8(2)4-5-9(3)13-11-15-14-10(16-11)6-7-12/h8-9H,4-7H2,1-3H3,(H,13,15). The van der Waals surface area contributed by atoms with Gasteiger partial charge >= 0.3 is 6.01 Å². The van der Waals surface area contributed by atoms with E-state index in [0.29, 0.717) is 30.2 Å². The van der Waals surface area contributed by atoms with Crippen molar-refractivity contribution >= 4 is 17.6 Å². The largest absolute Gasteiger partial charge is 0.408 e. The average Bonchev–Trinajstić information content (AvgIpc) is 2.63. The number of rotatable bonds is 7. The summed E-state index contributed by atoms with van der Waals surface area (Å²) in [4.78, 5) is 0. The van der Waals surface area contributed by atoms with Crippen molar-refractivity contribution in [2.45, 2.75) is 46.1 Å². The van der Waals surface area contributed by atoms with Gasteiger partial charge in [0.25, 0.3) is 0 Å². The minimum atomic E-state index is 0.353. The van der Waals surface area contributed by atoms with Gasteiger partial charge in [0.2, 0.25) is 5.89 Å². The van der Waals surface area contributed by atoms with Crippen molar-refractivity contribution in [3.8, 4) is 0 Å². The molecular formula is C11H20ClN3O. The molecule has 1 rings (SSSR count). The molecule has 0 amide bonds. The quantitative estimate of drug-likeness (QED) is 0.750. The molecule has 0 saturated heterocycles. The van der Waals surface area contributed by atoms with Gasteiger partial charge in [-0.25, -0.2) is 0 Å². The van der Waals surface area contributed by atoms with E-state index < -0.39 is 0 Å². The SMILES string of the molecule is CC(C)CCC(C)Nc1nnc(CCCl)o1. The zero-order valence-corrected chi connectivity index (χ0v) is 10.9. The Morgan fingerprint density at radius 2 is 2.00 bits per heavy atom. The van der Waals surface area contributed by atoms with Crippen molar-refractivity contribution in [3.05, 3.63) is 5.89 Å². The van der Waals surface area contributed by atoms with E-state index in [2.05, 4.69) is 36.3 Å². The van der Waals surface area contributed by atoms with Crippen LogP contribution in [0.2, 0.25) is 0 Å². The molecule has 0 aliphatic rings. The van der Waals surface area contributed by atoms with Gasteiger partial charge in [0.15, 0.2) is 0 Å². The first-order valence-corrected chi connectivity index (χ1v) is 6.30. The first-order valence-electron chi connectivity index (χ1n) is 5.76. The molecule has 0 saturated carbocycles. The third-order valence-electron chi connectivity index (χ3n) is 2.32. The van der Waals surface area contributed by atoms with Crippen molar-refractivity contribution in [1.82, 2.24) is 10.2 Å². The van der Waals surface area contributed by atoms with Gasteiger partial charge in [-0.2, -0.15) is 0 Å². The predicted molar refractivity (Wildman–Crippen MR) is 65.9 cm³/mol. The Morgan fingerprint density at radius 3 is 2.62 bits per heavy atom. The summed E-state index contributed by atoms with van der Waals surface area (Å²) in [6.45, 7) is 6.56. The molecule has 0 aliphatic carbocycles. The maximum atomic E-state index is 5.59. The van der Waals surface area contributed by atoms with Crippen LogP contribution in [-0.4, -0.2) is 22.1 Å². The van der Waals surface area contributed by atoms with Gasteiger partial charge < -0.3 is 9.73 Å². The number of alkyl halides is 1. The summed E-state index contributed by atoms with van der Waals surface area (Å²) in [6.07, 6.45) is 2.92. The molecule has 1 heterocycles. The summed E-state index contributed by atoms with van der Waals surface area (Å²) >= 11 is 5.59. The number of halogens is 1. The minimum absolute atomic E-state index is 0.353. The first-order chi connectivity index (χ1) is 7.61. The van der Waals surface area contributed by atoms with Crippen LogP contribution in [0.15, 0.2) is 4.42 Å². The van der Waals surface area contributed by atoms with Gasteiger partial charge in [-0.3, -0.25) is 0 Å². The normalized spacial score (nSPS) is 13.1. The van der Waals surface area contributed by atoms with Gasteiger partial charge in [0.05, 0.1) is 0 Å². The van der Waals surface area contributed by atoms with Crippen molar-refractivity contribution in [1.29, 1.82) is 0 Å². The van der Waals surface area contributed by atoms with E-state index in [4.69, 9.17) is 16.0 Å². The van der Waals surface area contributed by atoms with Gasteiger partial charge in [-0.1, -0.05) is 18.9 Å². The van der Waals surface area contributed by atoms with Crippen LogP contribution in [0.1, 0.15) is 39.5 Å². The lowest BCUT2D eigenvalue weighted by Crippen LogP contribution is -2.15. The van der Waals surface area contributed by atoms with Crippen LogP contribution in [0.3, 0.4) is 0 Å². The highest BCUT2D eigenvalue weighted by Crippen LogP contribution is 2.12. The molecule has 1 aromatic rings. The summed E-state index contributed by atoms with van der Waals surface area (Å²) in [6, 6.07) is 0.850. The van der Waals surface area contributed by atoms with E-state index in [9.17, 15) is 0 Å². The Kier molecular flexibility index (Phi) is 5.60. The van der Waals surface area contributed by atoms with Crippen LogP contribution >= 0.6 is 11.6 Å². The third kappa shape index (κ3) is 4.84. The van der Waals surface area contributed by atoms with Crippen molar-refractivity contribution in [2.75, 3.05) is 11.2 Å². The highest BCUT2D eigenvalue weighted by molar-refractivity contribution is 6.17. The lowest BCUT2D eigenvalue weighted by Gasteiger charge is -2.12. The van der Waals surface area contributed by atoms with Gasteiger partial charge in [-0.05, 0) is 25.7 Å². The maximum Gasteiger partial charge on any atom is 0.315 e. The topological polar surface area (TPSA) is 51.0 Å². The molecular weight excluding hydrogens is 226 g/mol. The molecule has 0 fully saturated rings. The number of aryl methyl sites for hydroxylation is 1. The number of nitrogens with zero attached hydrogens (tertiary/aromatic N) is 2. The maximum absolute atomic E-state index is 5.59. The monoisotopic (exact) mass is 245 g/mol. The van der Waals surface area contributed by atoms with Crippen LogP contribution in [0.4, 0.5) is 6.01 Å². The van der Waals surface area contributed by atoms with E-state index >= 15 is 0 Å². The lowest BCUT2D eigenvalue weighted by atomic mass is 10.0. The zero-order chi connectivity index (χ0) is 12.0. The number of nitrogens with one attached hydrogen (secondary N) is 1. The summed E-state index contributed by atoms with van der Waals surface area (Å²) in [7, 11) is 0. The molecule has 4 nitrogen and oxygen atoms in total. The molecule has 0 aliphatic heterocycles. The molecule has 0 spiro atoms. The molecule has 1 atom stereocenters. The van der Waals surface area contributed by atoms with Crippen molar-refractivity contribution in [2.24, 2.45) is 5.92 Å². The smallest absolute Gasteiger partial charge is 0.315 e. The highest BCUT2D eigenvalue weighted by atomic mass is 35.5. The summed E-state index contributed by atoms with van der Waals surface area (Å²) in [5, 5.41) is 11.0. The number of aromatic nitrogens is 2. The predicted octanol–water partition coefficient (Wildman–Crippen LogP) is 3.09. The molecule has 0 radical (unpaired) electrons. The Morgan fingerprint density at radius 1 is 1.25 bits per heavy atom. The van der Waals surface area contributed by atoms with E-state index in [1.807, 2.05) is 0 Å². The second kappa shape index (κ2) is 6.74. The van der Waals surface area contributed by atoms with Crippen LogP contribution in [-0.2, 0) is 6.42 Å². The minimum Gasteiger partial charge on any atom is -0.408 e. The average molecular weight is 246 g/mol. The van der Waals surface area contributed by atoms with Crippen LogP contribution < -0.4 is 5.32 Å². The van der Waals surface area contributed by atoms with Crippen LogP contribution in [0, 0.1) is 5.92 Å². The van der Waals surface area contributed by atoms with E-state index in [1.54, 1.807) is 0 Å². The van der Waals surface area contributed by atoms with Crippen molar-refractivity contribution < 1.29 is 4.42 Å². The zero-order valence-electron chi connectivity index (χ0n) is 10.2. The Bertz CT molecular complexity index is 301. The van der Waals surface area contributed by atoms with Crippen molar-refractivity contribution in [3.63, 3.8) is 0 Å². The molecule has 0 bridgehead atoms. The first kappa shape index (κ1) is 13.3. The molecule has 92 valence electrons. The Balaban J connectivity index is 2.34. The highest BCUT2D eigenvalue weighted by Gasteiger charge is 2.09. The summed E-state index contributed by atoms with van der Waals surface area (Å²) in [5.41, 5.74) is 0. The number of hydrogen-bond donors (Lipinski definition) is 1. The fraction of sp³-hybridized carbons (Fsp3) is 0.818. The van der Waals surface area contributed by atoms with Crippen LogP contribution in [0.5, 0.6) is 0 Å². The van der Waals surface area contributed by atoms with Crippen LogP contribution in [0.25, 0.3) is 0 Å². The third-order valence-corrected chi connectivity index (χ3v) is 2.51. The van der Waals surface area contributed by atoms with E-state index in [1.165, 1.54) is 6.42 Å². The molecule has 5 heteroatoms. The Hall–Kier alpha value is -0.770. The van der Waals surface area contributed by atoms with Gasteiger partial charge in [0, 0.05) is 18.3 Å². The van der Waals surface area contributed by atoms with Gasteiger partial charge in [0.1, 0.15) is 0 Å². The lowest BCUT2D eigenvalue weighted by molar-refractivity contribution is 0.489. The second-order valence-corrected chi connectivity index (χ2v) is 4.83. The number of hydrogen-bond acceptors (Lipinski definition) is 4. The molecule has 16 heavy (non-hydrogen) atoms. The fourth-order valence-electron chi connectivity index (χ4n) is 1.36. The van der Waals surface area contributed by atoms with Gasteiger partial charge in [-0.15, -0.1) is 16.7 Å². The summed E-state index contributed by atoms with van der Waals surface area (Å²) in [5.74, 6) is 1.82. The Labute approximate surface area is 102 Å². The summed E-state index contributed by atoms with van der Waals surface area (Å²) < 4.78 is 5.38.